The zero-order valence-electron chi connectivity index (χ0n) is 8.09. The van der Waals surface area contributed by atoms with Gasteiger partial charge in [0.1, 0.15) is 5.82 Å². The molecule has 13 heavy (non-hydrogen) atoms. The van der Waals surface area contributed by atoms with E-state index >= 15 is 0 Å². The highest BCUT2D eigenvalue weighted by atomic mass is 32.2. The number of hydrogen-bond acceptors (Lipinski definition) is 1. The largest absolute Gasteiger partial charge is 0.207 e. The number of halogens is 1. The molecule has 1 aromatic carbocycles. The molecular formula is C11H15FS. The first-order chi connectivity index (χ1) is 6.18. The normalized spacial score (nSPS) is 10.8. The topological polar surface area (TPSA) is 0 Å². The van der Waals surface area contributed by atoms with Gasteiger partial charge in [-0.2, -0.15) is 0 Å². The van der Waals surface area contributed by atoms with E-state index in [9.17, 15) is 4.39 Å². The van der Waals surface area contributed by atoms with Gasteiger partial charge in [0, 0.05) is 4.90 Å². The summed E-state index contributed by atoms with van der Waals surface area (Å²) >= 11 is 1.79. The molecular weight excluding hydrogens is 183 g/mol. The standard InChI is InChI=1S/C11H15FS/c1-9(2)7-8-13-11-5-3-10(12)4-6-11/h3-6,9H,7-8H2,1-2H3. The number of thioether (sulfide) groups is 1. The van der Waals surface area contributed by atoms with Crippen LogP contribution in [-0.4, -0.2) is 5.75 Å². The highest BCUT2D eigenvalue weighted by Gasteiger charge is 1.96. The van der Waals surface area contributed by atoms with Crippen LogP contribution in [0.25, 0.3) is 0 Å². The fourth-order valence-corrected chi connectivity index (χ4v) is 2.10. The van der Waals surface area contributed by atoms with Crippen LogP contribution in [0.15, 0.2) is 29.2 Å². The second-order valence-electron chi connectivity index (χ2n) is 3.48. The SMILES string of the molecule is CC(C)CCSc1ccc(F)cc1. The lowest BCUT2D eigenvalue weighted by Crippen LogP contribution is -1.89. The molecule has 2 heteroatoms. The maximum Gasteiger partial charge on any atom is 0.123 e. The summed E-state index contributed by atoms with van der Waals surface area (Å²) in [7, 11) is 0. The van der Waals surface area contributed by atoms with Crippen molar-refractivity contribution in [3.8, 4) is 0 Å². The molecule has 1 aromatic rings. The Balaban J connectivity index is 2.33. The molecule has 72 valence electrons. The Hall–Kier alpha value is -0.500. The van der Waals surface area contributed by atoms with Gasteiger partial charge in [-0.1, -0.05) is 13.8 Å². The number of hydrogen-bond donors (Lipinski definition) is 0. The Morgan fingerprint density at radius 1 is 1.23 bits per heavy atom. The van der Waals surface area contributed by atoms with Gasteiger partial charge in [0.05, 0.1) is 0 Å². The molecule has 0 unspecified atom stereocenters. The van der Waals surface area contributed by atoms with E-state index < -0.39 is 0 Å². The van der Waals surface area contributed by atoms with Crippen molar-refractivity contribution in [1.29, 1.82) is 0 Å². The molecule has 0 aliphatic rings. The van der Waals surface area contributed by atoms with Crippen molar-refractivity contribution in [2.24, 2.45) is 5.92 Å². The van der Waals surface area contributed by atoms with Crippen LogP contribution in [0.4, 0.5) is 4.39 Å². The zero-order valence-corrected chi connectivity index (χ0v) is 8.90. The monoisotopic (exact) mass is 198 g/mol. The van der Waals surface area contributed by atoms with Gasteiger partial charge in [-0.15, -0.1) is 11.8 Å². The molecule has 0 fully saturated rings. The lowest BCUT2D eigenvalue weighted by Gasteiger charge is -2.03. The average molecular weight is 198 g/mol. The molecule has 0 bridgehead atoms. The van der Waals surface area contributed by atoms with Gasteiger partial charge in [-0.3, -0.25) is 0 Å². The van der Waals surface area contributed by atoms with E-state index in [-0.39, 0.29) is 5.82 Å². The van der Waals surface area contributed by atoms with Crippen molar-refractivity contribution >= 4 is 11.8 Å². The summed E-state index contributed by atoms with van der Waals surface area (Å²) in [5.41, 5.74) is 0. The van der Waals surface area contributed by atoms with Crippen molar-refractivity contribution in [2.45, 2.75) is 25.2 Å². The van der Waals surface area contributed by atoms with Crippen LogP contribution in [-0.2, 0) is 0 Å². The predicted molar refractivity (Wildman–Crippen MR) is 56.6 cm³/mol. The predicted octanol–water partition coefficient (Wildman–Crippen LogP) is 3.96. The Bertz CT molecular complexity index is 241. The minimum absolute atomic E-state index is 0.159. The molecule has 0 aromatic heterocycles. The molecule has 0 nitrogen and oxygen atoms in total. The minimum Gasteiger partial charge on any atom is -0.207 e. The Kier molecular flexibility index (Phi) is 4.29. The third-order valence-corrected chi connectivity index (χ3v) is 2.82. The zero-order chi connectivity index (χ0) is 9.68. The molecule has 0 heterocycles. The second kappa shape index (κ2) is 5.28. The summed E-state index contributed by atoms with van der Waals surface area (Å²) in [5, 5.41) is 0. The lowest BCUT2D eigenvalue weighted by molar-refractivity contribution is 0.626. The molecule has 0 saturated heterocycles. The quantitative estimate of drug-likeness (QED) is 0.660. The molecule has 0 aliphatic carbocycles. The molecule has 0 spiro atoms. The van der Waals surface area contributed by atoms with Gasteiger partial charge in [0.25, 0.3) is 0 Å². The van der Waals surface area contributed by atoms with Crippen molar-refractivity contribution in [1.82, 2.24) is 0 Å². The molecule has 0 N–H and O–H groups in total. The van der Waals surface area contributed by atoms with E-state index in [1.807, 2.05) is 12.1 Å². The third-order valence-electron chi connectivity index (χ3n) is 1.78. The first kappa shape index (κ1) is 10.6. The van der Waals surface area contributed by atoms with Crippen molar-refractivity contribution in [2.75, 3.05) is 5.75 Å². The van der Waals surface area contributed by atoms with Crippen LogP contribution < -0.4 is 0 Å². The van der Waals surface area contributed by atoms with Crippen molar-refractivity contribution < 1.29 is 4.39 Å². The Morgan fingerprint density at radius 2 is 1.85 bits per heavy atom. The summed E-state index contributed by atoms with van der Waals surface area (Å²) in [5.74, 6) is 1.70. The van der Waals surface area contributed by atoms with Crippen molar-refractivity contribution in [3.05, 3.63) is 30.1 Å². The first-order valence-corrected chi connectivity index (χ1v) is 5.55. The lowest BCUT2D eigenvalue weighted by atomic mass is 10.2. The summed E-state index contributed by atoms with van der Waals surface area (Å²) in [4.78, 5) is 1.15. The number of rotatable bonds is 4. The van der Waals surface area contributed by atoms with Gasteiger partial charge in [-0.25, -0.2) is 4.39 Å². The van der Waals surface area contributed by atoms with Crippen LogP contribution in [0.1, 0.15) is 20.3 Å². The van der Waals surface area contributed by atoms with E-state index in [2.05, 4.69) is 13.8 Å². The van der Waals surface area contributed by atoms with E-state index in [4.69, 9.17) is 0 Å². The average Bonchev–Trinajstić information content (AvgIpc) is 2.08. The summed E-state index contributed by atoms with van der Waals surface area (Å²) < 4.78 is 12.5. The number of benzene rings is 1. The molecule has 0 atom stereocenters. The maximum atomic E-state index is 12.5. The summed E-state index contributed by atoms with van der Waals surface area (Å²) in [6.07, 6.45) is 1.21. The minimum atomic E-state index is -0.159. The molecule has 0 aliphatic heterocycles. The first-order valence-electron chi connectivity index (χ1n) is 4.57. The van der Waals surface area contributed by atoms with Crippen LogP contribution in [0.3, 0.4) is 0 Å². The third kappa shape index (κ3) is 4.32. The van der Waals surface area contributed by atoms with Gasteiger partial charge in [0.15, 0.2) is 0 Å². The highest BCUT2D eigenvalue weighted by molar-refractivity contribution is 7.99. The van der Waals surface area contributed by atoms with E-state index in [1.165, 1.54) is 18.6 Å². The fourth-order valence-electron chi connectivity index (χ4n) is 0.943. The van der Waals surface area contributed by atoms with Crippen molar-refractivity contribution in [3.63, 3.8) is 0 Å². The van der Waals surface area contributed by atoms with E-state index in [1.54, 1.807) is 11.8 Å². The molecule has 0 amide bonds. The van der Waals surface area contributed by atoms with Gasteiger partial charge in [-0.05, 0) is 42.4 Å². The molecule has 1 rings (SSSR count). The Morgan fingerprint density at radius 3 is 2.38 bits per heavy atom. The summed E-state index contributed by atoms with van der Waals surface area (Å²) in [6, 6.07) is 6.69. The van der Waals surface area contributed by atoms with E-state index in [0.717, 1.165) is 16.6 Å². The van der Waals surface area contributed by atoms with Gasteiger partial charge < -0.3 is 0 Å². The molecule has 0 radical (unpaired) electrons. The van der Waals surface area contributed by atoms with Gasteiger partial charge in [0.2, 0.25) is 0 Å². The van der Waals surface area contributed by atoms with Gasteiger partial charge >= 0.3 is 0 Å². The van der Waals surface area contributed by atoms with Crippen LogP contribution in [0.2, 0.25) is 0 Å². The second-order valence-corrected chi connectivity index (χ2v) is 4.65. The Labute approximate surface area is 83.5 Å². The van der Waals surface area contributed by atoms with Crippen LogP contribution in [0.5, 0.6) is 0 Å². The fraction of sp³-hybridized carbons (Fsp3) is 0.455. The maximum absolute atomic E-state index is 12.5. The smallest absolute Gasteiger partial charge is 0.123 e. The van der Waals surface area contributed by atoms with Crippen LogP contribution in [0, 0.1) is 11.7 Å². The van der Waals surface area contributed by atoms with Crippen LogP contribution >= 0.6 is 11.8 Å². The van der Waals surface area contributed by atoms with E-state index in [0.29, 0.717) is 0 Å². The highest BCUT2D eigenvalue weighted by Crippen LogP contribution is 2.20. The molecule has 0 saturated carbocycles. The summed E-state index contributed by atoms with van der Waals surface area (Å²) in [6.45, 7) is 4.43.